The van der Waals surface area contributed by atoms with Gasteiger partial charge in [0, 0.05) is 6.61 Å². The van der Waals surface area contributed by atoms with E-state index in [0.29, 0.717) is 18.3 Å². The van der Waals surface area contributed by atoms with E-state index in [0.717, 1.165) is 18.5 Å². The SMILES string of the molecule is O=C(NCc1noc([C@H]2CCCO2)n1)c1cn(-c2ccccc2)nn1. The van der Waals surface area contributed by atoms with Crippen LogP contribution in [0.3, 0.4) is 0 Å². The molecule has 3 heterocycles. The first-order valence-electron chi connectivity index (χ1n) is 7.99. The van der Waals surface area contributed by atoms with Crippen molar-refractivity contribution in [2.24, 2.45) is 0 Å². The van der Waals surface area contributed by atoms with Gasteiger partial charge in [0.15, 0.2) is 11.5 Å². The zero-order valence-electron chi connectivity index (χ0n) is 13.3. The third-order valence-corrected chi connectivity index (χ3v) is 3.84. The van der Waals surface area contributed by atoms with Crippen molar-refractivity contribution in [1.29, 1.82) is 0 Å². The Kier molecular flexibility index (Phi) is 4.21. The molecular formula is C16H16N6O3. The van der Waals surface area contributed by atoms with Crippen molar-refractivity contribution in [2.45, 2.75) is 25.5 Å². The number of carbonyl (C=O) groups is 1. The van der Waals surface area contributed by atoms with Gasteiger partial charge in [0.25, 0.3) is 11.8 Å². The van der Waals surface area contributed by atoms with Crippen molar-refractivity contribution in [2.75, 3.05) is 6.61 Å². The predicted molar refractivity (Wildman–Crippen MR) is 84.8 cm³/mol. The molecule has 1 amide bonds. The lowest BCUT2D eigenvalue weighted by molar-refractivity contribution is 0.0835. The normalized spacial score (nSPS) is 16.9. The Morgan fingerprint density at radius 3 is 3.00 bits per heavy atom. The summed E-state index contributed by atoms with van der Waals surface area (Å²) in [6, 6.07) is 9.44. The van der Waals surface area contributed by atoms with Gasteiger partial charge in [0.1, 0.15) is 6.10 Å². The number of rotatable bonds is 5. The van der Waals surface area contributed by atoms with Gasteiger partial charge in [0.05, 0.1) is 18.4 Å². The molecular weight excluding hydrogens is 324 g/mol. The molecule has 0 aliphatic carbocycles. The van der Waals surface area contributed by atoms with E-state index < -0.39 is 0 Å². The van der Waals surface area contributed by atoms with Crippen LogP contribution in [0.15, 0.2) is 41.1 Å². The van der Waals surface area contributed by atoms with Gasteiger partial charge < -0.3 is 14.6 Å². The highest BCUT2D eigenvalue weighted by molar-refractivity contribution is 5.91. The Morgan fingerprint density at radius 2 is 2.20 bits per heavy atom. The molecule has 0 bridgehead atoms. The largest absolute Gasteiger partial charge is 0.368 e. The van der Waals surface area contributed by atoms with Crippen LogP contribution in [0, 0.1) is 0 Å². The molecule has 1 aromatic carbocycles. The quantitative estimate of drug-likeness (QED) is 0.748. The number of carbonyl (C=O) groups excluding carboxylic acids is 1. The lowest BCUT2D eigenvalue weighted by atomic mass is 10.2. The number of amides is 1. The third-order valence-electron chi connectivity index (χ3n) is 3.84. The molecule has 0 saturated carbocycles. The molecule has 1 atom stereocenters. The Hall–Kier alpha value is -3.07. The zero-order chi connectivity index (χ0) is 17.1. The average Bonchev–Trinajstić information content (AvgIpc) is 3.41. The first kappa shape index (κ1) is 15.5. The summed E-state index contributed by atoms with van der Waals surface area (Å²) >= 11 is 0. The fraction of sp³-hybridized carbons (Fsp3) is 0.312. The van der Waals surface area contributed by atoms with Gasteiger partial charge in [-0.3, -0.25) is 4.79 Å². The van der Waals surface area contributed by atoms with Gasteiger partial charge in [-0.25, -0.2) is 4.68 Å². The number of nitrogens with one attached hydrogen (secondary N) is 1. The summed E-state index contributed by atoms with van der Waals surface area (Å²) in [5.41, 5.74) is 1.04. The molecule has 2 aromatic heterocycles. The van der Waals surface area contributed by atoms with Crippen molar-refractivity contribution in [3.05, 3.63) is 53.9 Å². The molecule has 1 N–H and O–H groups in total. The number of hydrogen-bond acceptors (Lipinski definition) is 7. The molecule has 1 aliphatic rings. The van der Waals surface area contributed by atoms with Crippen LogP contribution < -0.4 is 5.32 Å². The van der Waals surface area contributed by atoms with Gasteiger partial charge in [-0.05, 0) is 25.0 Å². The van der Waals surface area contributed by atoms with Gasteiger partial charge in [0.2, 0.25) is 0 Å². The molecule has 128 valence electrons. The summed E-state index contributed by atoms with van der Waals surface area (Å²) in [5.74, 6) is 0.497. The fourth-order valence-electron chi connectivity index (χ4n) is 2.57. The van der Waals surface area contributed by atoms with E-state index in [9.17, 15) is 4.79 Å². The van der Waals surface area contributed by atoms with E-state index >= 15 is 0 Å². The second-order valence-electron chi connectivity index (χ2n) is 5.62. The van der Waals surface area contributed by atoms with Crippen LogP contribution in [0.1, 0.15) is 41.1 Å². The van der Waals surface area contributed by atoms with E-state index in [1.165, 1.54) is 0 Å². The zero-order valence-corrected chi connectivity index (χ0v) is 13.3. The van der Waals surface area contributed by atoms with Crippen molar-refractivity contribution < 1.29 is 14.1 Å². The molecule has 4 rings (SSSR count). The highest BCUT2D eigenvalue weighted by Crippen LogP contribution is 2.26. The van der Waals surface area contributed by atoms with E-state index in [1.54, 1.807) is 10.9 Å². The monoisotopic (exact) mass is 340 g/mol. The topological polar surface area (TPSA) is 108 Å². The van der Waals surface area contributed by atoms with Crippen LogP contribution in [0.5, 0.6) is 0 Å². The number of nitrogens with zero attached hydrogens (tertiary/aromatic N) is 5. The van der Waals surface area contributed by atoms with Gasteiger partial charge >= 0.3 is 0 Å². The second kappa shape index (κ2) is 6.81. The van der Waals surface area contributed by atoms with Crippen molar-refractivity contribution in [1.82, 2.24) is 30.5 Å². The number of ether oxygens (including phenoxy) is 1. The van der Waals surface area contributed by atoms with E-state index in [2.05, 4.69) is 25.8 Å². The Labute approximate surface area is 143 Å². The van der Waals surface area contributed by atoms with Gasteiger partial charge in [-0.2, -0.15) is 4.98 Å². The highest BCUT2D eigenvalue weighted by Gasteiger charge is 2.24. The summed E-state index contributed by atoms with van der Waals surface area (Å²) in [6.07, 6.45) is 3.29. The average molecular weight is 340 g/mol. The first-order valence-corrected chi connectivity index (χ1v) is 7.99. The molecule has 0 radical (unpaired) electrons. The molecule has 9 nitrogen and oxygen atoms in total. The highest BCUT2D eigenvalue weighted by atomic mass is 16.5. The molecule has 1 aliphatic heterocycles. The summed E-state index contributed by atoms with van der Waals surface area (Å²) in [6.45, 7) is 0.851. The Morgan fingerprint density at radius 1 is 1.32 bits per heavy atom. The number of benzene rings is 1. The summed E-state index contributed by atoms with van der Waals surface area (Å²) in [7, 11) is 0. The Balaban J connectivity index is 1.37. The van der Waals surface area contributed by atoms with Gasteiger partial charge in [-0.15, -0.1) is 5.10 Å². The smallest absolute Gasteiger partial charge is 0.273 e. The van der Waals surface area contributed by atoms with Crippen LogP contribution in [-0.4, -0.2) is 37.6 Å². The maximum Gasteiger partial charge on any atom is 0.273 e. The van der Waals surface area contributed by atoms with Crippen LogP contribution in [0.4, 0.5) is 0 Å². The number of aromatic nitrogens is 5. The third kappa shape index (κ3) is 3.41. The minimum atomic E-state index is -0.356. The van der Waals surface area contributed by atoms with Crippen LogP contribution in [-0.2, 0) is 11.3 Å². The summed E-state index contributed by atoms with van der Waals surface area (Å²) < 4.78 is 12.2. The van der Waals surface area contributed by atoms with Gasteiger partial charge in [-0.1, -0.05) is 28.6 Å². The van der Waals surface area contributed by atoms with E-state index in [-0.39, 0.29) is 24.2 Å². The number of para-hydroxylation sites is 1. The summed E-state index contributed by atoms with van der Waals surface area (Å²) in [5, 5.41) is 14.4. The van der Waals surface area contributed by atoms with Crippen LogP contribution >= 0.6 is 0 Å². The van der Waals surface area contributed by atoms with Crippen molar-refractivity contribution in [3.8, 4) is 5.69 Å². The molecule has 25 heavy (non-hydrogen) atoms. The van der Waals surface area contributed by atoms with Crippen LogP contribution in [0.25, 0.3) is 5.69 Å². The van der Waals surface area contributed by atoms with E-state index in [4.69, 9.17) is 9.26 Å². The molecule has 1 fully saturated rings. The molecule has 1 saturated heterocycles. The predicted octanol–water partition coefficient (Wildman–Crippen LogP) is 1.43. The number of hydrogen-bond donors (Lipinski definition) is 1. The van der Waals surface area contributed by atoms with Crippen molar-refractivity contribution in [3.63, 3.8) is 0 Å². The standard InChI is InChI=1S/C16H16N6O3/c23-15(12-10-22(21-19-12)11-5-2-1-3-6-11)17-9-14-18-16(25-20-14)13-7-4-8-24-13/h1-3,5-6,10,13H,4,7-9H2,(H,17,23)/t13-/m1/s1. The molecule has 3 aromatic rings. The molecule has 0 unspecified atom stereocenters. The maximum atomic E-state index is 12.2. The fourth-order valence-corrected chi connectivity index (χ4v) is 2.57. The van der Waals surface area contributed by atoms with Crippen LogP contribution in [0.2, 0.25) is 0 Å². The minimum absolute atomic E-state index is 0.136. The molecule has 9 heteroatoms. The van der Waals surface area contributed by atoms with Crippen molar-refractivity contribution >= 4 is 5.91 Å². The van der Waals surface area contributed by atoms with E-state index in [1.807, 2.05) is 30.3 Å². The minimum Gasteiger partial charge on any atom is -0.368 e. The second-order valence-corrected chi connectivity index (χ2v) is 5.62. The Bertz CT molecular complexity index is 854. The molecule has 0 spiro atoms. The lowest BCUT2D eigenvalue weighted by Crippen LogP contribution is -2.23. The summed E-state index contributed by atoms with van der Waals surface area (Å²) in [4.78, 5) is 16.4. The maximum absolute atomic E-state index is 12.2. The first-order chi connectivity index (χ1) is 12.3. The lowest BCUT2D eigenvalue weighted by Gasteiger charge is -2.01.